The number of ether oxygens (including phenoxy) is 2. The Bertz CT molecular complexity index is 761. The topological polar surface area (TPSA) is 104 Å². The number of pyridine rings is 1. The lowest BCUT2D eigenvalue weighted by molar-refractivity contribution is -0.385. The zero-order valence-corrected chi connectivity index (χ0v) is 12.8. The van der Waals surface area contributed by atoms with Gasteiger partial charge in [0.05, 0.1) is 25.2 Å². The fraction of sp³-hybridized carbons (Fsp3) is 0.200. The van der Waals surface area contributed by atoms with Gasteiger partial charge in [-0.15, -0.1) is 0 Å². The Morgan fingerprint density at radius 2 is 1.91 bits per heavy atom. The quantitative estimate of drug-likeness (QED) is 0.671. The average molecular weight is 317 g/mol. The minimum atomic E-state index is -0.653. The number of amides is 1. The molecule has 8 heteroatoms. The molecule has 0 aliphatic carbocycles. The van der Waals surface area contributed by atoms with Gasteiger partial charge >= 0.3 is 0 Å². The molecule has 0 saturated heterocycles. The van der Waals surface area contributed by atoms with Crippen LogP contribution in [0.1, 0.15) is 15.9 Å². The van der Waals surface area contributed by atoms with E-state index in [1.54, 1.807) is 19.1 Å². The number of carbonyl (C=O) groups excluding carboxylic acids is 1. The van der Waals surface area contributed by atoms with Crippen molar-refractivity contribution in [1.29, 1.82) is 0 Å². The predicted molar refractivity (Wildman–Crippen MR) is 83.1 cm³/mol. The van der Waals surface area contributed by atoms with Crippen molar-refractivity contribution >= 4 is 17.4 Å². The average Bonchev–Trinajstić information content (AvgIpc) is 2.55. The van der Waals surface area contributed by atoms with E-state index in [0.717, 1.165) is 11.6 Å². The Hall–Kier alpha value is -3.16. The number of aromatic nitrogens is 1. The number of aryl methyl sites for hydroxylation is 1. The Morgan fingerprint density at radius 1 is 1.26 bits per heavy atom. The number of benzene rings is 1. The molecule has 1 N–H and O–H groups in total. The summed E-state index contributed by atoms with van der Waals surface area (Å²) in [7, 11) is 2.74. The van der Waals surface area contributed by atoms with E-state index in [2.05, 4.69) is 10.3 Å². The largest absolute Gasteiger partial charge is 0.493 e. The molecular weight excluding hydrogens is 302 g/mol. The molecule has 1 heterocycles. The highest BCUT2D eigenvalue weighted by molar-refractivity contribution is 6.07. The Kier molecular flexibility index (Phi) is 4.75. The van der Waals surface area contributed by atoms with Gasteiger partial charge < -0.3 is 14.8 Å². The zero-order valence-electron chi connectivity index (χ0n) is 12.8. The summed E-state index contributed by atoms with van der Waals surface area (Å²) >= 11 is 0. The maximum absolute atomic E-state index is 12.4. The molecule has 0 fully saturated rings. The summed E-state index contributed by atoms with van der Waals surface area (Å²) in [6.07, 6.45) is 1.52. The number of nitrogens with one attached hydrogen (secondary N) is 1. The summed E-state index contributed by atoms with van der Waals surface area (Å²) in [5, 5.41) is 13.8. The number of rotatable bonds is 5. The van der Waals surface area contributed by atoms with Gasteiger partial charge in [-0.3, -0.25) is 14.9 Å². The third kappa shape index (κ3) is 3.37. The van der Waals surface area contributed by atoms with Crippen LogP contribution in [-0.4, -0.2) is 30.0 Å². The highest BCUT2D eigenvalue weighted by Gasteiger charge is 2.25. The fourth-order valence-corrected chi connectivity index (χ4v) is 1.99. The van der Waals surface area contributed by atoms with Crippen LogP contribution in [0.15, 0.2) is 30.5 Å². The second-order valence-corrected chi connectivity index (χ2v) is 4.60. The van der Waals surface area contributed by atoms with Crippen molar-refractivity contribution in [3.63, 3.8) is 0 Å². The van der Waals surface area contributed by atoms with E-state index in [4.69, 9.17) is 9.47 Å². The van der Waals surface area contributed by atoms with Crippen molar-refractivity contribution < 1.29 is 19.2 Å². The zero-order chi connectivity index (χ0) is 17.0. The van der Waals surface area contributed by atoms with Gasteiger partial charge in [0.25, 0.3) is 11.6 Å². The van der Waals surface area contributed by atoms with Crippen LogP contribution in [-0.2, 0) is 0 Å². The van der Waals surface area contributed by atoms with Gasteiger partial charge in [0.2, 0.25) is 0 Å². The molecule has 2 rings (SSSR count). The van der Waals surface area contributed by atoms with Crippen molar-refractivity contribution in [2.45, 2.75) is 6.92 Å². The van der Waals surface area contributed by atoms with Crippen LogP contribution in [0.25, 0.3) is 0 Å². The Morgan fingerprint density at radius 3 is 2.48 bits per heavy atom. The number of carbonyl (C=O) groups is 1. The molecule has 0 aliphatic heterocycles. The third-order valence-electron chi connectivity index (χ3n) is 3.18. The molecule has 0 spiro atoms. The Balaban J connectivity index is 2.46. The van der Waals surface area contributed by atoms with E-state index < -0.39 is 10.8 Å². The molecule has 23 heavy (non-hydrogen) atoms. The first-order valence-corrected chi connectivity index (χ1v) is 6.61. The SMILES string of the molecule is COc1cc(C(=O)Nc2ncccc2C)c([N+](=O)[O-])cc1OC. The first-order valence-electron chi connectivity index (χ1n) is 6.61. The van der Waals surface area contributed by atoms with Crippen LogP contribution in [0.4, 0.5) is 11.5 Å². The number of nitro benzene ring substituents is 1. The number of hydrogen-bond acceptors (Lipinski definition) is 6. The predicted octanol–water partition coefficient (Wildman–Crippen LogP) is 2.57. The van der Waals surface area contributed by atoms with Crippen LogP contribution >= 0.6 is 0 Å². The smallest absolute Gasteiger partial charge is 0.286 e. The van der Waals surface area contributed by atoms with E-state index in [9.17, 15) is 14.9 Å². The highest BCUT2D eigenvalue weighted by atomic mass is 16.6. The van der Waals surface area contributed by atoms with Crippen LogP contribution in [0.5, 0.6) is 11.5 Å². The van der Waals surface area contributed by atoms with Crippen LogP contribution in [0.3, 0.4) is 0 Å². The number of nitrogens with zero attached hydrogens (tertiary/aromatic N) is 2. The number of anilines is 1. The molecule has 2 aromatic rings. The molecule has 0 saturated carbocycles. The first kappa shape index (κ1) is 16.2. The minimum absolute atomic E-state index is 0.141. The van der Waals surface area contributed by atoms with Crippen LogP contribution in [0, 0.1) is 17.0 Å². The van der Waals surface area contributed by atoms with Crippen LogP contribution < -0.4 is 14.8 Å². The summed E-state index contributed by atoms with van der Waals surface area (Å²) in [5.41, 5.74) is 0.218. The van der Waals surface area contributed by atoms with Gasteiger partial charge in [0.15, 0.2) is 11.5 Å². The molecule has 1 aromatic heterocycles. The van der Waals surface area contributed by atoms with Gasteiger partial charge in [-0.2, -0.15) is 0 Å². The summed E-state index contributed by atoms with van der Waals surface area (Å²) in [6.45, 7) is 1.77. The number of hydrogen-bond donors (Lipinski definition) is 1. The normalized spacial score (nSPS) is 10.0. The maximum Gasteiger partial charge on any atom is 0.286 e. The van der Waals surface area contributed by atoms with Gasteiger partial charge in [0, 0.05) is 12.3 Å². The van der Waals surface area contributed by atoms with Crippen molar-refractivity contribution in [1.82, 2.24) is 4.98 Å². The van der Waals surface area contributed by atoms with Gasteiger partial charge in [-0.1, -0.05) is 6.07 Å². The van der Waals surface area contributed by atoms with Gasteiger partial charge in [0.1, 0.15) is 11.4 Å². The molecule has 1 aromatic carbocycles. The maximum atomic E-state index is 12.4. The van der Waals surface area contributed by atoms with E-state index in [1.807, 2.05) is 0 Å². The van der Waals surface area contributed by atoms with E-state index in [0.29, 0.717) is 5.82 Å². The highest BCUT2D eigenvalue weighted by Crippen LogP contribution is 2.34. The van der Waals surface area contributed by atoms with Crippen molar-refractivity contribution in [3.05, 3.63) is 51.7 Å². The molecule has 0 unspecified atom stereocenters. The molecule has 8 nitrogen and oxygen atoms in total. The molecular formula is C15H15N3O5. The lowest BCUT2D eigenvalue weighted by atomic mass is 10.1. The number of nitro groups is 1. The van der Waals surface area contributed by atoms with Gasteiger partial charge in [-0.05, 0) is 18.6 Å². The first-order chi connectivity index (χ1) is 11.0. The summed E-state index contributed by atoms with van der Waals surface area (Å²) < 4.78 is 10.1. The fourth-order valence-electron chi connectivity index (χ4n) is 1.99. The second kappa shape index (κ2) is 6.73. The monoisotopic (exact) mass is 317 g/mol. The molecule has 0 radical (unpaired) electrons. The van der Waals surface area contributed by atoms with Crippen molar-refractivity contribution in [2.24, 2.45) is 0 Å². The standard InChI is InChI=1S/C15H15N3O5/c1-9-5-4-6-16-14(9)17-15(19)10-7-12(22-2)13(23-3)8-11(10)18(20)21/h4-8H,1-3H3,(H,16,17,19). The van der Waals surface area contributed by atoms with Gasteiger partial charge in [-0.25, -0.2) is 4.98 Å². The summed E-state index contributed by atoms with van der Waals surface area (Å²) in [6, 6.07) is 5.92. The van der Waals surface area contributed by atoms with E-state index in [1.165, 1.54) is 26.5 Å². The lowest BCUT2D eigenvalue weighted by Crippen LogP contribution is -2.16. The van der Waals surface area contributed by atoms with E-state index in [-0.39, 0.29) is 22.7 Å². The molecule has 0 bridgehead atoms. The minimum Gasteiger partial charge on any atom is -0.493 e. The third-order valence-corrected chi connectivity index (χ3v) is 3.18. The van der Waals surface area contributed by atoms with Crippen molar-refractivity contribution in [2.75, 3.05) is 19.5 Å². The molecule has 1 amide bonds. The number of methoxy groups -OCH3 is 2. The molecule has 0 aliphatic rings. The summed E-state index contributed by atoms with van der Waals surface area (Å²) in [5.74, 6) is 0.0757. The Labute approximate surface area is 132 Å². The van der Waals surface area contributed by atoms with Crippen molar-refractivity contribution in [3.8, 4) is 11.5 Å². The molecule has 120 valence electrons. The van der Waals surface area contributed by atoms with E-state index >= 15 is 0 Å². The lowest BCUT2D eigenvalue weighted by Gasteiger charge is -2.11. The summed E-state index contributed by atoms with van der Waals surface area (Å²) in [4.78, 5) is 27.0. The molecule has 0 atom stereocenters. The second-order valence-electron chi connectivity index (χ2n) is 4.60. The van der Waals surface area contributed by atoms with Crippen LogP contribution in [0.2, 0.25) is 0 Å².